The molecule has 4 aliphatic heterocycles. The molecule has 8 heteroatoms. The number of thioether (sulfide) groups is 1. The van der Waals surface area contributed by atoms with Crippen LogP contribution >= 0.6 is 11.8 Å². The van der Waals surface area contributed by atoms with Gasteiger partial charge in [-0.15, -0.1) is 11.8 Å². The normalized spacial score (nSPS) is 33.5. The first-order valence-electron chi connectivity index (χ1n) is 12.0. The summed E-state index contributed by atoms with van der Waals surface area (Å²) < 4.78 is -0.838. The van der Waals surface area contributed by atoms with E-state index in [0.717, 1.165) is 5.56 Å². The Labute approximate surface area is 204 Å². The van der Waals surface area contributed by atoms with Crippen LogP contribution in [-0.2, 0) is 20.9 Å². The Kier molecular flexibility index (Phi) is 6.06. The highest BCUT2D eigenvalue weighted by Gasteiger charge is 2.71. The Bertz CT molecular complexity index is 1040. The molecule has 0 radical (unpaired) electrons. The summed E-state index contributed by atoms with van der Waals surface area (Å²) in [5, 5.41) is 9.99. The fraction of sp³-hybridized carbons (Fsp3) is 0.500. The largest absolute Gasteiger partial charge is 0.394 e. The molecule has 4 aliphatic rings. The maximum Gasteiger partial charge on any atom is 0.247 e. The van der Waals surface area contributed by atoms with Crippen molar-refractivity contribution in [2.75, 3.05) is 26.7 Å². The van der Waals surface area contributed by atoms with Gasteiger partial charge in [-0.3, -0.25) is 14.4 Å². The maximum atomic E-state index is 14.2. The third kappa shape index (κ3) is 3.41. The Balaban J connectivity index is 1.60. The van der Waals surface area contributed by atoms with Gasteiger partial charge in [-0.25, -0.2) is 0 Å². The number of carbonyl (C=O) groups is 3. The van der Waals surface area contributed by atoms with Crippen molar-refractivity contribution < 1.29 is 19.5 Å². The van der Waals surface area contributed by atoms with E-state index < -0.39 is 28.7 Å². The van der Waals surface area contributed by atoms with Crippen LogP contribution < -0.4 is 0 Å². The zero-order chi connectivity index (χ0) is 24.0. The molecule has 0 bridgehead atoms. The van der Waals surface area contributed by atoms with E-state index in [2.05, 4.69) is 0 Å². The first-order chi connectivity index (χ1) is 16.4. The molecule has 2 saturated heterocycles. The van der Waals surface area contributed by atoms with Gasteiger partial charge in [-0.05, 0) is 12.0 Å². The molecule has 6 atom stereocenters. The number of nitrogens with zero attached hydrogens (tertiary/aromatic N) is 3. The Morgan fingerprint density at radius 1 is 1.09 bits per heavy atom. The highest BCUT2D eigenvalue weighted by molar-refractivity contribution is 8.02. The Morgan fingerprint density at radius 3 is 2.56 bits per heavy atom. The van der Waals surface area contributed by atoms with Gasteiger partial charge in [-0.2, -0.15) is 0 Å². The molecule has 0 aliphatic carbocycles. The quantitative estimate of drug-likeness (QED) is 0.648. The van der Waals surface area contributed by atoms with Gasteiger partial charge >= 0.3 is 0 Å². The number of fused-ring (bicyclic) bond motifs is 2. The lowest BCUT2D eigenvalue weighted by Gasteiger charge is -2.38. The maximum absolute atomic E-state index is 14.2. The minimum atomic E-state index is -0.838. The van der Waals surface area contributed by atoms with Crippen LogP contribution in [0.5, 0.6) is 0 Å². The lowest BCUT2D eigenvalue weighted by molar-refractivity contribution is -0.146. The van der Waals surface area contributed by atoms with E-state index in [1.807, 2.05) is 61.6 Å². The van der Waals surface area contributed by atoms with E-state index in [0.29, 0.717) is 26.1 Å². The second kappa shape index (κ2) is 8.89. The van der Waals surface area contributed by atoms with E-state index in [-0.39, 0.29) is 29.6 Å². The molecule has 1 aromatic carbocycles. The van der Waals surface area contributed by atoms with Crippen LogP contribution in [0.25, 0.3) is 0 Å². The molecule has 180 valence electrons. The highest BCUT2D eigenvalue weighted by atomic mass is 32.2. The number of carbonyl (C=O) groups excluding carboxylic acids is 3. The van der Waals surface area contributed by atoms with Crippen molar-refractivity contribution in [2.45, 2.75) is 42.0 Å². The molecule has 1 aromatic rings. The van der Waals surface area contributed by atoms with Crippen LogP contribution in [-0.4, -0.2) is 86.4 Å². The van der Waals surface area contributed by atoms with Gasteiger partial charge in [0.1, 0.15) is 6.04 Å². The van der Waals surface area contributed by atoms with Crippen molar-refractivity contribution in [3.8, 4) is 0 Å². The zero-order valence-corrected chi connectivity index (χ0v) is 20.4. The van der Waals surface area contributed by atoms with Crippen LogP contribution in [0.4, 0.5) is 0 Å². The molecular weight excluding hydrogens is 450 g/mol. The van der Waals surface area contributed by atoms with E-state index in [1.165, 1.54) is 0 Å². The van der Waals surface area contributed by atoms with Gasteiger partial charge in [-0.1, -0.05) is 61.6 Å². The average Bonchev–Trinajstić information content (AvgIpc) is 3.17. The second-order valence-electron chi connectivity index (χ2n) is 9.59. The number of aliphatic hydroxyl groups excluding tert-OH is 1. The summed E-state index contributed by atoms with van der Waals surface area (Å²) in [5.74, 6) is -1.53. The Morgan fingerprint density at radius 2 is 1.85 bits per heavy atom. The lowest BCUT2D eigenvalue weighted by atomic mass is 9.78. The van der Waals surface area contributed by atoms with Gasteiger partial charge in [0, 0.05) is 31.9 Å². The smallest absolute Gasteiger partial charge is 0.247 e. The number of aliphatic hydroxyl groups is 1. The SMILES string of the molecule is CC[C@@H](CO)N1C(=O)[C@@H]2[C@H]3C(=O)N(C)CC=C[C@H]3S[C@@]23C=CCN(Cc2ccccc2)C(=O)C13. The van der Waals surface area contributed by atoms with Gasteiger partial charge in [0.2, 0.25) is 17.7 Å². The number of hydrogen-bond donors (Lipinski definition) is 1. The summed E-state index contributed by atoms with van der Waals surface area (Å²) in [6.07, 6.45) is 8.56. The molecule has 0 saturated carbocycles. The predicted molar refractivity (Wildman–Crippen MR) is 131 cm³/mol. The van der Waals surface area contributed by atoms with Crippen molar-refractivity contribution in [2.24, 2.45) is 11.8 Å². The van der Waals surface area contributed by atoms with Crippen molar-refractivity contribution in [3.05, 3.63) is 60.2 Å². The fourth-order valence-electron chi connectivity index (χ4n) is 6.00. The lowest BCUT2D eigenvalue weighted by Crippen LogP contribution is -2.56. The van der Waals surface area contributed by atoms with Crippen molar-refractivity contribution in [1.29, 1.82) is 0 Å². The van der Waals surface area contributed by atoms with E-state index in [4.69, 9.17) is 0 Å². The number of likely N-dealkylation sites (N-methyl/N-ethyl adjacent to an activating group) is 1. The van der Waals surface area contributed by atoms with Gasteiger partial charge in [0.25, 0.3) is 0 Å². The standard InChI is InChI=1S/C26H31N3O4S/c1-3-18(16-30)29-22-25(33)28(15-17-9-5-4-6-10-17)14-8-12-26(22)21(24(29)32)20-19(34-26)11-7-13-27(2)23(20)31/h4-12,18-22,30H,3,13-16H2,1-2H3/t18-,19+,20-,21-,22?,26-/m0/s1. The molecule has 2 fully saturated rings. The van der Waals surface area contributed by atoms with Crippen LogP contribution in [0.2, 0.25) is 0 Å². The molecule has 1 spiro atoms. The van der Waals surface area contributed by atoms with E-state index in [1.54, 1.807) is 33.5 Å². The molecule has 0 aromatic heterocycles. The summed E-state index contributed by atoms with van der Waals surface area (Å²) in [5.41, 5.74) is 1.02. The summed E-state index contributed by atoms with van der Waals surface area (Å²) in [7, 11) is 1.76. The van der Waals surface area contributed by atoms with Gasteiger partial charge in [0.15, 0.2) is 0 Å². The van der Waals surface area contributed by atoms with Crippen molar-refractivity contribution >= 4 is 29.5 Å². The monoisotopic (exact) mass is 481 g/mol. The van der Waals surface area contributed by atoms with Crippen LogP contribution in [0, 0.1) is 11.8 Å². The molecule has 1 unspecified atom stereocenters. The summed E-state index contributed by atoms with van der Waals surface area (Å²) >= 11 is 1.57. The van der Waals surface area contributed by atoms with Crippen LogP contribution in [0.15, 0.2) is 54.6 Å². The number of likely N-dealkylation sites (tertiary alicyclic amines) is 1. The van der Waals surface area contributed by atoms with Crippen LogP contribution in [0.1, 0.15) is 18.9 Å². The third-order valence-electron chi connectivity index (χ3n) is 7.67. The van der Waals surface area contributed by atoms with E-state index in [9.17, 15) is 19.5 Å². The molecule has 7 nitrogen and oxygen atoms in total. The van der Waals surface area contributed by atoms with Gasteiger partial charge in [0.05, 0.1) is 29.2 Å². The van der Waals surface area contributed by atoms with Crippen molar-refractivity contribution in [3.63, 3.8) is 0 Å². The molecule has 34 heavy (non-hydrogen) atoms. The van der Waals surface area contributed by atoms with E-state index >= 15 is 0 Å². The molecular formula is C26H31N3O4S. The number of benzene rings is 1. The van der Waals surface area contributed by atoms with Crippen molar-refractivity contribution in [1.82, 2.24) is 14.7 Å². The molecule has 3 amide bonds. The first-order valence-corrected chi connectivity index (χ1v) is 12.8. The van der Waals surface area contributed by atoms with Crippen LogP contribution in [0.3, 0.4) is 0 Å². The molecule has 5 rings (SSSR count). The number of rotatable bonds is 5. The molecule has 1 N–H and O–H groups in total. The summed E-state index contributed by atoms with van der Waals surface area (Å²) in [4.78, 5) is 46.7. The fourth-order valence-corrected chi connectivity index (χ4v) is 8.00. The summed E-state index contributed by atoms with van der Waals surface area (Å²) in [6, 6.07) is 8.59. The zero-order valence-electron chi connectivity index (χ0n) is 19.5. The number of amides is 3. The molecule has 4 heterocycles. The Hall–Kier alpha value is -2.58. The minimum absolute atomic E-state index is 0.0541. The summed E-state index contributed by atoms with van der Waals surface area (Å²) in [6.45, 7) is 3.09. The first kappa shape index (κ1) is 23.2. The average molecular weight is 482 g/mol. The highest BCUT2D eigenvalue weighted by Crippen LogP contribution is 2.61. The third-order valence-corrected chi connectivity index (χ3v) is 9.42. The second-order valence-corrected chi connectivity index (χ2v) is 11.1. The predicted octanol–water partition coefficient (Wildman–Crippen LogP) is 1.68. The topological polar surface area (TPSA) is 81.2 Å². The van der Waals surface area contributed by atoms with Gasteiger partial charge < -0.3 is 19.8 Å². The minimum Gasteiger partial charge on any atom is -0.394 e. The number of hydrogen-bond acceptors (Lipinski definition) is 5.